The molecule has 2 N–H and O–H groups in total. The zero-order valence-electron chi connectivity index (χ0n) is 17.7. The fraction of sp³-hybridized carbons (Fsp3) is 0.542. The van der Waals surface area contributed by atoms with Crippen LogP contribution in [0.4, 0.5) is 5.69 Å². The van der Waals surface area contributed by atoms with Gasteiger partial charge in [-0.15, -0.1) is 0 Å². The molecular weight excluding hydrogens is 364 g/mol. The summed E-state index contributed by atoms with van der Waals surface area (Å²) in [6.07, 6.45) is 10.2. The van der Waals surface area contributed by atoms with Crippen LogP contribution in [0.2, 0.25) is 0 Å². The molecule has 1 aliphatic heterocycles. The number of anilines is 1. The molecule has 1 atom stereocenters. The summed E-state index contributed by atoms with van der Waals surface area (Å²) >= 11 is 0. The van der Waals surface area contributed by atoms with Crippen LogP contribution in [0.3, 0.4) is 0 Å². The molecule has 0 radical (unpaired) electrons. The van der Waals surface area contributed by atoms with Gasteiger partial charge in [-0.25, -0.2) is 0 Å². The molecule has 5 nitrogen and oxygen atoms in total. The zero-order valence-corrected chi connectivity index (χ0v) is 17.7. The van der Waals surface area contributed by atoms with Gasteiger partial charge < -0.3 is 19.9 Å². The van der Waals surface area contributed by atoms with Crippen LogP contribution < -0.4 is 14.8 Å². The van der Waals surface area contributed by atoms with Gasteiger partial charge >= 0.3 is 0 Å². The fourth-order valence-electron chi connectivity index (χ4n) is 3.81. The number of rotatable bonds is 12. The van der Waals surface area contributed by atoms with Crippen molar-refractivity contribution in [2.75, 3.05) is 18.7 Å². The lowest BCUT2D eigenvalue weighted by Gasteiger charge is -2.21. The van der Waals surface area contributed by atoms with Crippen LogP contribution in [-0.2, 0) is 19.3 Å². The first-order valence-electron chi connectivity index (χ1n) is 11.0. The summed E-state index contributed by atoms with van der Waals surface area (Å²) in [5, 5.41) is 13.1. The third-order valence-electron chi connectivity index (χ3n) is 5.48. The van der Waals surface area contributed by atoms with Gasteiger partial charge in [0.15, 0.2) is 11.5 Å². The third kappa shape index (κ3) is 6.10. The number of aliphatic hydroxyl groups excluding tert-OH is 1. The highest BCUT2D eigenvalue weighted by Gasteiger charge is 2.14. The average molecular weight is 399 g/mol. The Balaban J connectivity index is 1.57. The van der Waals surface area contributed by atoms with Gasteiger partial charge in [-0.2, -0.15) is 0 Å². The summed E-state index contributed by atoms with van der Waals surface area (Å²) in [6, 6.07) is 8.72. The minimum atomic E-state index is 0.217. The van der Waals surface area contributed by atoms with E-state index in [9.17, 15) is 5.11 Å². The largest absolute Gasteiger partial charge is 0.454 e. The maximum Gasteiger partial charge on any atom is 0.231 e. The van der Waals surface area contributed by atoms with Crippen molar-refractivity contribution >= 4 is 5.69 Å². The van der Waals surface area contributed by atoms with Crippen molar-refractivity contribution in [3.8, 4) is 11.5 Å². The van der Waals surface area contributed by atoms with Crippen LogP contribution in [0.15, 0.2) is 30.5 Å². The molecule has 158 valence electrons. The standard InChI is InChI=1S/C24H34N2O3/c1-3-7-21(12-13-27)26-22-15-20(4-2)25-16-19(22)9-6-5-8-18-10-11-23-24(14-18)29-17-28-23/h10-11,14-16,21,27H,3-9,12-13,17H2,1-2H3,(H,25,26)/t21-/m0/s1. The van der Waals surface area contributed by atoms with Gasteiger partial charge in [0.2, 0.25) is 6.79 Å². The highest BCUT2D eigenvalue weighted by Crippen LogP contribution is 2.33. The number of aromatic nitrogens is 1. The number of nitrogens with zero attached hydrogens (tertiary/aromatic N) is 1. The van der Waals surface area contributed by atoms with E-state index in [4.69, 9.17) is 9.47 Å². The highest BCUT2D eigenvalue weighted by molar-refractivity contribution is 5.52. The van der Waals surface area contributed by atoms with Gasteiger partial charge in [-0.1, -0.05) is 26.3 Å². The van der Waals surface area contributed by atoms with E-state index in [1.54, 1.807) is 0 Å². The van der Waals surface area contributed by atoms with Gasteiger partial charge in [0, 0.05) is 30.2 Å². The summed E-state index contributed by atoms with van der Waals surface area (Å²) in [5.41, 5.74) is 4.85. The molecule has 2 heterocycles. The van der Waals surface area contributed by atoms with Crippen molar-refractivity contribution in [2.45, 2.75) is 71.3 Å². The first-order chi connectivity index (χ1) is 14.2. The lowest BCUT2D eigenvalue weighted by molar-refractivity contribution is 0.174. The molecular formula is C24H34N2O3. The molecule has 1 aliphatic rings. The molecule has 0 spiro atoms. The number of pyridine rings is 1. The average Bonchev–Trinajstić information content (AvgIpc) is 3.20. The number of unbranched alkanes of at least 4 members (excludes halogenated alkanes) is 1. The summed E-state index contributed by atoms with van der Waals surface area (Å²) in [6.45, 7) is 4.86. The smallest absolute Gasteiger partial charge is 0.231 e. The molecule has 0 unspecified atom stereocenters. The number of benzene rings is 1. The maximum absolute atomic E-state index is 9.38. The number of aryl methyl sites for hydroxylation is 3. The number of hydrogen-bond acceptors (Lipinski definition) is 5. The lowest BCUT2D eigenvalue weighted by Crippen LogP contribution is -2.21. The minimum Gasteiger partial charge on any atom is -0.454 e. The van der Waals surface area contributed by atoms with E-state index in [2.05, 4.69) is 42.3 Å². The Morgan fingerprint density at radius 3 is 2.69 bits per heavy atom. The molecule has 3 rings (SSSR count). The predicted octanol–water partition coefficient (Wildman–Crippen LogP) is 4.90. The molecule has 29 heavy (non-hydrogen) atoms. The Labute approximate surface area is 174 Å². The molecule has 5 heteroatoms. The second-order valence-electron chi connectivity index (χ2n) is 7.72. The Morgan fingerprint density at radius 1 is 1.07 bits per heavy atom. The van der Waals surface area contributed by atoms with Gasteiger partial charge in [0.05, 0.1) is 0 Å². The Bertz CT molecular complexity index is 773. The molecule has 1 aromatic carbocycles. The molecule has 0 amide bonds. The van der Waals surface area contributed by atoms with E-state index in [1.165, 1.54) is 16.8 Å². The number of aliphatic hydroxyl groups is 1. The van der Waals surface area contributed by atoms with Gasteiger partial charge in [0.1, 0.15) is 0 Å². The van der Waals surface area contributed by atoms with E-state index >= 15 is 0 Å². The van der Waals surface area contributed by atoms with E-state index < -0.39 is 0 Å². The van der Waals surface area contributed by atoms with Gasteiger partial charge in [0.25, 0.3) is 0 Å². The predicted molar refractivity (Wildman–Crippen MR) is 117 cm³/mol. The Hall–Kier alpha value is -2.27. The van der Waals surface area contributed by atoms with E-state index in [1.807, 2.05) is 12.3 Å². The second-order valence-corrected chi connectivity index (χ2v) is 7.72. The Morgan fingerprint density at radius 2 is 1.90 bits per heavy atom. The van der Waals surface area contributed by atoms with Crippen LogP contribution in [-0.4, -0.2) is 29.5 Å². The minimum absolute atomic E-state index is 0.217. The second kappa shape index (κ2) is 11.1. The van der Waals surface area contributed by atoms with Crippen LogP contribution in [0.5, 0.6) is 11.5 Å². The molecule has 1 aromatic heterocycles. The molecule has 0 saturated heterocycles. The summed E-state index contributed by atoms with van der Waals surface area (Å²) in [7, 11) is 0. The quantitative estimate of drug-likeness (QED) is 0.498. The summed E-state index contributed by atoms with van der Waals surface area (Å²) in [5.74, 6) is 1.70. The highest BCUT2D eigenvalue weighted by atomic mass is 16.7. The maximum atomic E-state index is 9.38. The molecule has 0 aliphatic carbocycles. The number of fused-ring (bicyclic) bond motifs is 1. The molecule has 2 aromatic rings. The molecule has 0 saturated carbocycles. The van der Waals surface area contributed by atoms with Crippen molar-refractivity contribution in [2.24, 2.45) is 0 Å². The topological polar surface area (TPSA) is 63.6 Å². The number of ether oxygens (including phenoxy) is 2. The lowest BCUT2D eigenvalue weighted by atomic mass is 10.0. The SMILES string of the molecule is CCC[C@@H](CCO)Nc1cc(CC)ncc1CCCCc1ccc2c(c1)OCO2. The first kappa shape index (κ1) is 21.4. The third-order valence-corrected chi connectivity index (χ3v) is 5.48. The monoisotopic (exact) mass is 398 g/mol. The van der Waals surface area contributed by atoms with E-state index in [0.717, 1.165) is 68.6 Å². The van der Waals surface area contributed by atoms with Crippen LogP contribution in [0.1, 0.15) is 62.8 Å². The first-order valence-corrected chi connectivity index (χ1v) is 11.0. The van der Waals surface area contributed by atoms with Crippen LogP contribution >= 0.6 is 0 Å². The Kier molecular flexibility index (Phi) is 8.17. The van der Waals surface area contributed by atoms with Crippen molar-refractivity contribution < 1.29 is 14.6 Å². The normalized spacial score (nSPS) is 13.5. The fourth-order valence-corrected chi connectivity index (χ4v) is 3.81. The molecule has 0 fully saturated rings. The van der Waals surface area contributed by atoms with Gasteiger partial charge in [-0.3, -0.25) is 4.98 Å². The van der Waals surface area contributed by atoms with Crippen molar-refractivity contribution in [3.63, 3.8) is 0 Å². The van der Waals surface area contributed by atoms with E-state index in [0.29, 0.717) is 12.8 Å². The van der Waals surface area contributed by atoms with Crippen LogP contribution in [0.25, 0.3) is 0 Å². The summed E-state index contributed by atoms with van der Waals surface area (Å²) in [4.78, 5) is 4.61. The van der Waals surface area contributed by atoms with E-state index in [-0.39, 0.29) is 6.61 Å². The van der Waals surface area contributed by atoms with Crippen molar-refractivity contribution in [3.05, 3.63) is 47.3 Å². The van der Waals surface area contributed by atoms with Crippen LogP contribution in [0, 0.1) is 0 Å². The van der Waals surface area contributed by atoms with Crippen molar-refractivity contribution in [1.82, 2.24) is 4.98 Å². The molecule has 0 bridgehead atoms. The summed E-state index contributed by atoms with van der Waals surface area (Å²) < 4.78 is 10.9. The van der Waals surface area contributed by atoms with Gasteiger partial charge in [-0.05, 0) is 74.3 Å². The number of nitrogens with one attached hydrogen (secondary N) is 1. The van der Waals surface area contributed by atoms with Crippen molar-refractivity contribution in [1.29, 1.82) is 0 Å². The zero-order chi connectivity index (χ0) is 20.5. The number of hydrogen-bond donors (Lipinski definition) is 2.